The maximum atomic E-state index is 14.1. The molecule has 0 spiro atoms. The molecule has 4 rings (SSSR count). The van der Waals surface area contributed by atoms with Crippen LogP contribution in [0.4, 0.5) is 9.59 Å². The third kappa shape index (κ3) is 13.9. The van der Waals surface area contributed by atoms with Crippen LogP contribution in [0.5, 0.6) is 0 Å². The normalized spacial score (nSPS) is 13.7. The van der Waals surface area contributed by atoms with Crippen LogP contribution in [0, 0.1) is 11.8 Å². The number of nitrogens with one attached hydrogen (secondary N) is 3. The first-order valence-electron chi connectivity index (χ1n) is 18.2. The number of benzene rings is 2. The number of nitrogens with zero attached hydrogens (tertiary/aromatic N) is 3. The lowest BCUT2D eigenvalue weighted by molar-refractivity contribution is -0.124. The van der Waals surface area contributed by atoms with Gasteiger partial charge in [-0.1, -0.05) is 102 Å². The van der Waals surface area contributed by atoms with Gasteiger partial charge in [0.2, 0.25) is 5.91 Å². The van der Waals surface area contributed by atoms with E-state index in [-0.39, 0.29) is 36.8 Å². The summed E-state index contributed by atoms with van der Waals surface area (Å²) in [6, 6.07) is 16.9. The number of rotatable bonds is 19. The fourth-order valence-corrected chi connectivity index (χ4v) is 7.24. The van der Waals surface area contributed by atoms with E-state index in [1.165, 1.54) is 11.3 Å². The van der Waals surface area contributed by atoms with Crippen LogP contribution in [-0.2, 0) is 35.5 Å². The highest BCUT2D eigenvalue weighted by Gasteiger charge is 2.31. The number of aliphatic hydroxyl groups is 1. The van der Waals surface area contributed by atoms with E-state index in [1.54, 1.807) is 27.9 Å². The Hall–Kier alpha value is -4.33. The quantitative estimate of drug-likeness (QED) is 0.0811. The van der Waals surface area contributed by atoms with E-state index in [2.05, 4.69) is 34.8 Å². The van der Waals surface area contributed by atoms with Crippen molar-refractivity contribution in [2.75, 3.05) is 6.54 Å². The van der Waals surface area contributed by atoms with Gasteiger partial charge in [0.1, 0.15) is 12.6 Å². The van der Waals surface area contributed by atoms with Gasteiger partial charge in [-0.05, 0) is 42.2 Å². The summed E-state index contributed by atoms with van der Waals surface area (Å²) in [5, 5.41) is 23.8. The second-order valence-electron chi connectivity index (χ2n) is 14.5. The molecule has 4 amide bonds. The number of carbonyl (C=O) groups excluding carboxylic acids is 3. The molecule has 4 aromatic rings. The number of hydrogen-bond donors (Lipinski definition) is 4. The summed E-state index contributed by atoms with van der Waals surface area (Å²) in [5.41, 5.74) is 4.39. The maximum Gasteiger partial charge on any atom is 0.407 e. The minimum atomic E-state index is -1.05. The molecular weight excluding hydrogens is 709 g/mol. The maximum absolute atomic E-state index is 14.1. The number of aliphatic hydroxyl groups excluding tert-OH is 1. The highest BCUT2D eigenvalue weighted by atomic mass is 32.1. The molecule has 1 unspecified atom stereocenters. The molecule has 2 aromatic heterocycles. The number of ether oxygens (including phenoxy) is 1. The highest BCUT2D eigenvalue weighted by Crippen LogP contribution is 2.21. The largest absolute Gasteiger partial charge is 0.444 e. The van der Waals surface area contributed by atoms with E-state index in [1.807, 2.05) is 93.7 Å². The monoisotopic (exact) mass is 762 g/mol. The van der Waals surface area contributed by atoms with Crippen molar-refractivity contribution in [3.05, 3.63) is 104 Å². The molecule has 4 N–H and O–H groups in total. The standard InChI is InChI=1S/C40H54N6O5S2/c1-26(2)21-46(22-32-24-52-38(43-32)28(5)6)39(49)45-36(27(3)4)37(48)42-31(17-29-13-9-7-10-14-29)19-35(47)34(18-30-15-11-8-12-16-30)44-40(50)51-23-33-20-41-25-53-33/h7-16,20,24-28,31,34-36,47H,17-19,21-23H2,1-6H3,(H,42,48)(H,44,50)(H,45,49)/t31-,34-,35?,36-/m0/s1. The number of urea groups is 1. The van der Waals surface area contributed by atoms with Crippen molar-refractivity contribution in [2.24, 2.45) is 11.8 Å². The Balaban J connectivity index is 1.50. The van der Waals surface area contributed by atoms with Crippen LogP contribution >= 0.6 is 22.7 Å². The van der Waals surface area contributed by atoms with Crippen LogP contribution in [0.25, 0.3) is 0 Å². The first-order valence-corrected chi connectivity index (χ1v) is 20.0. The van der Waals surface area contributed by atoms with Crippen molar-refractivity contribution in [3.8, 4) is 0 Å². The molecular formula is C40H54N6O5S2. The number of hydrogen-bond acceptors (Lipinski definition) is 9. The van der Waals surface area contributed by atoms with Crippen LogP contribution in [0.3, 0.4) is 0 Å². The minimum absolute atomic E-state index is 0.0665. The van der Waals surface area contributed by atoms with Crippen molar-refractivity contribution < 1.29 is 24.2 Å². The Bertz CT molecular complexity index is 1680. The van der Waals surface area contributed by atoms with Gasteiger partial charge in [0.15, 0.2) is 0 Å². The molecule has 0 fully saturated rings. The molecule has 11 nitrogen and oxygen atoms in total. The first kappa shape index (κ1) is 41.4. The molecule has 286 valence electrons. The summed E-state index contributed by atoms with van der Waals surface area (Å²) >= 11 is 2.97. The van der Waals surface area contributed by atoms with Gasteiger partial charge < -0.3 is 30.7 Å². The molecule has 0 radical (unpaired) electrons. The van der Waals surface area contributed by atoms with Gasteiger partial charge in [0, 0.05) is 30.1 Å². The lowest BCUT2D eigenvalue weighted by Gasteiger charge is -2.31. The second-order valence-corrected chi connectivity index (χ2v) is 16.3. The average molecular weight is 763 g/mol. The van der Waals surface area contributed by atoms with E-state index in [4.69, 9.17) is 9.72 Å². The molecule has 0 aliphatic heterocycles. The van der Waals surface area contributed by atoms with E-state index >= 15 is 0 Å². The third-order valence-corrected chi connectivity index (χ3v) is 10.6. The number of aromatic nitrogens is 2. The zero-order chi connectivity index (χ0) is 38.3. The fourth-order valence-electron chi connectivity index (χ4n) is 5.91. The molecule has 2 heterocycles. The number of alkyl carbamates (subject to hydrolysis) is 1. The SMILES string of the molecule is CC(C)CN(Cc1csc(C(C)C)n1)C(=O)N[C@H](C(=O)N[C@@H](Cc1ccccc1)CC(O)[C@H](Cc1ccccc1)NC(=O)OCc1cncs1)C(C)C. The van der Waals surface area contributed by atoms with Crippen molar-refractivity contribution in [1.82, 2.24) is 30.8 Å². The molecule has 0 aliphatic carbocycles. The Morgan fingerprint density at radius 1 is 0.868 bits per heavy atom. The lowest BCUT2D eigenvalue weighted by atomic mass is 9.93. The van der Waals surface area contributed by atoms with E-state index < -0.39 is 30.3 Å². The number of thiazole rings is 2. The zero-order valence-corrected chi connectivity index (χ0v) is 33.2. The van der Waals surface area contributed by atoms with Gasteiger partial charge in [0.05, 0.1) is 39.8 Å². The Labute approximate surface area is 321 Å². The molecule has 4 atom stereocenters. The van der Waals surface area contributed by atoms with E-state index in [9.17, 15) is 19.5 Å². The van der Waals surface area contributed by atoms with Gasteiger partial charge >= 0.3 is 12.1 Å². The molecule has 13 heteroatoms. The van der Waals surface area contributed by atoms with Gasteiger partial charge in [-0.3, -0.25) is 9.78 Å². The van der Waals surface area contributed by atoms with Crippen molar-refractivity contribution >= 4 is 40.7 Å². The van der Waals surface area contributed by atoms with E-state index in [0.29, 0.717) is 31.8 Å². The smallest absolute Gasteiger partial charge is 0.407 e. The van der Waals surface area contributed by atoms with Crippen LogP contribution in [0.15, 0.2) is 77.8 Å². The Morgan fingerprint density at radius 3 is 2.09 bits per heavy atom. The van der Waals surface area contributed by atoms with Crippen LogP contribution in [0.2, 0.25) is 0 Å². The predicted molar refractivity (Wildman–Crippen MR) is 211 cm³/mol. The van der Waals surface area contributed by atoms with Gasteiger partial charge in [-0.15, -0.1) is 22.7 Å². The topological polar surface area (TPSA) is 146 Å². The van der Waals surface area contributed by atoms with Gasteiger partial charge in [-0.25, -0.2) is 14.6 Å². The van der Waals surface area contributed by atoms with Crippen LogP contribution in [-0.4, -0.2) is 68.8 Å². The van der Waals surface area contributed by atoms with Crippen LogP contribution in [0.1, 0.15) is 80.6 Å². The minimum Gasteiger partial charge on any atom is -0.444 e. The summed E-state index contributed by atoms with van der Waals surface area (Å²) in [7, 11) is 0. The number of amides is 4. The summed E-state index contributed by atoms with van der Waals surface area (Å²) in [4.78, 5) is 52.1. The molecule has 0 saturated carbocycles. The van der Waals surface area contributed by atoms with Crippen LogP contribution < -0.4 is 16.0 Å². The molecule has 2 aromatic carbocycles. The van der Waals surface area contributed by atoms with Gasteiger partial charge in [-0.2, -0.15) is 0 Å². The summed E-state index contributed by atoms with van der Waals surface area (Å²) in [6.45, 7) is 13.0. The molecule has 53 heavy (non-hydrogen) atoms. The number of carbonyl (C=O) groups is 3. The second kappa shape index (κ2) is 20.8. The highest BCUT2D eigenvalue weighted by molar-refractivity contribution is 7.09. The van der Waals surface area contributed by atoms with Gasteiger partial charge in [0.25, 0.3) is 0 Å². The Kier molecular flexibility index (Phi) is 16.2. The van der Waals surface area contributed by atoms with Crippen molar-refractivity contribution in [3.63, 3.8) is 0 Å². The summed E-state index contributed by atoms with van der Waals surface area (Å²) in [5.74, 6) is -0.0765. The average Bonchev–Trinajstić information content (AvgIpc) is 3.82. The first-order chi connectivity index (χ1) is 25.4. The zero-order valence-electron chi connectivity index (χ0n) is 31.5. The molecule has 0 aliphatic rings. The summed E-state index contributed by atoms with van der Waals surface area (Å²) in [6.07, 6.45) is 0.836. The van der Waals surface area contributed by atoms with Crippen molar-refractivity contribution in [1.29, 1.82) is 0 Å². The van der Waals surface area contributed by atoms with Crippen molar-refractivity contribution in [2.45, 2.75) is 104 Å². The Morgan fingerprint density at radius 2 is 1.53 bits per heavy atom. The molecule has 0 bridgehead atoms. The third-order valence-electron chi connectivity index (χ3n) is 8.61. The van der Waals surface area contributed by atoms with E-state index in [0.717, 1.165) is 26.7 Å². The molecule has 0 saturated heterocycles. The summed E-state index contributed by atoms with van der Waals surface area (Å²) < 4.78 is 5.45. The fraction of sp³-hybridized carbons (Fsp3) is 0.475. The lowest BCUT2D eigenvalue weighted by Crippen LogP contribution is -2.56. The predicted octanol–water partition coefficient (Wildman–Crippen LogP) is 6.93.